The predicted molar refractivity (Wildman–Crippen MR) is 116 cm³/mol. The highest BCUT2D eigenvalue weighted by molar-refractivity contribution is 7.17. The molecule has 0 radical (unpaired) electrons. The maximum atomic E-state index is 13.1. The SMILES string of the molecule is Cc1ccc(-c2csc3ncn(CC(=O)O[C@@H]4CCC[C@H](C)C4)c(=O)c23)cc1C. The Morgan fingerprint density at radius 3 is 2.86 bits per heavy atom. The van der Waals surface area contributed by atoms with E-state index in [-0.39, 0.29) is 24.2 Å². The third-order valence-electron chi connectivity index (χ3n) is 5.86. The van der Waals surface area contributed by atoms with E-state index >= 15 is 0 Å². The first kappa shape index (κ1) is 19.8. The molecule has 1 aliphatic carbocycles. The van der Waals surface area contributed by atoms with E-state index < -0.39 is 0 Å². The topological polar surface area (TPSA) is 61.2 Å². The molecular weight excluding hydrogens is 384 g/mol. The summed E-state index contributed by atoms with van der Waals surface area (Å²) in [7, 11) is 0. The Bertz CT molecular complexity index is 1110. The Morgan fingerprint density at radius 1 is 1.28 bits per heavy atom. The number of esters is 1. The van der Waals surface area contributed by atoms with Crippen molar-refractivity contribution in [2.75, 3.05) is 0 Å². The Morgan fingerprint density at radius 2 is 2.10 bits per heavy atom. The number of thiophene rings is 1. The summed E-state index contributed by atoms with van der Waals surface area (Å²) < 4.78 is 7.00. The van der Waals surface area contributed by atoms with E-state index in [9.17, 15) is 9.59 Å². The Labute approximate surface area is 174 Å². The fourth-order valence-corrected chi connectivity index (χ4v) is 4.96. The average molecular weight is 411 g/mol. The zero-order chi connectivity index (χ0) is 20.5. The van der Waals surface area contributed by atoms with E-state index in [2.05, 4.69) is 37.9 Å². The van der Waals surface area contributed by atoms with Crippen LogP contribution in [0.15, 0.2) is 34.7 Å². The van der Waals surface area contributed by atoms with Gasteiger partial charge >= 0.3 is 5.97 Å². The van der Waals surface area contributed by atoms with Crippen molar-refractivity contribution in [3.63, 3.8) is 0 Å². The quantitative estimate of drug-likeness (QED) is 0.576. The summed E-state index contributed by atoms with van der Waals surface area (Å²) in [5.41, 5.74) is 4.06. The van der Waals surface area contributed by atoms with Gasteiger partial charge in [-0.05, 0) is 55.7 Å². The molecule has 0 unspecified atom stereocenters. The molecule has 0 spiro atoms. The van der Waals surface area contributed by atoms with E-state index in [1.54, 1.807) is 0 Å². The molecule has 3 aromatic rings. The van der Waals surface area contributed by atoms with Gasteiger partial charge in [0.2, 0.25) is 0 Å². The number of nitrogens with zero attached hydrogens (tertiary/aromatic N) is 2. The van der Waals surface area contributed by atoms with Crippen LogP contribution in [0, 0.1) is 19.8 Å². The summed E-state index contributed by atoms with van der Waals surface area (Å²) in [6.45, 7) is 6.21. The fourth-order valence-electron chi connectivity index (χ4n) is 4.05. The number of carbonyl (C=O) groups is 1. The minimum Gasteiger partial charge on any atom is -0.461 e. The molecule has 1 aliphatic rings. The number of aromatic nitrogens is 2. The molecule has 1 aromatic carbocycles. The van der Waals surface area contributed by atoms with E-state index in [0.717, 1.165) is 30.4 Å². The van der Waals surface area contributed by atoms with Crippen LogP contribution in [-0.4, -0.2) is 21.6 Å². The van der Waals surface area contributed by atoms with Gasteiger partial charge in [-0.25, -0.2) is 4.98 Å². The summed E-state index contributed by atoms with van der Waals surface area (Å²) >= 11 is 1.45. The smallest absolute Gasteiger partial charge is 0.326 e. The van der Waals surface area contributed by atoms with Crippen molar-refractivity contribution in [1.29, 1.82) is 0 Å². The number of aryl methyl sites for hydroxylation is 2. The second-order valence-corrected chi connectivity index (χ2v) is 9.05. The lowest BCUT2D eigenvalue weighted by molar-refractivity contribution is -0.152. The lowest BCUT2D eigenvalue weighted by atomic mass is 9.89. The van der Waals surface area contributed by atoms with Gasteiger partial charge in [-0.1, -0.05) is 31.5 Å². The van der Waals surface area contributed by atoms with Crippen LogP contribution in [0.3, 0.4) is 0 Å². The number of hydrogen-bond acceptors (Lipinski definition) is 5. The summed E-state index contributed by atoms with van der Waals surface area (Å²) in [4.78, 5) is 30.7. The fraction of sp³-hybridized carbons (Fsp3) is 0.435. The zero-order valence-electron chi connectivity index (χ0n) is 17.1. The van der Waals surface area contributed by atoms with Crippen molar-refractivity contribution in [3.05, 3.63) is 51.4 Å². The number of ether oxygens (including phenoxy) is 1. The molecule has 2 aromatic heterocycles. The maximum absolute atomic E-state index is 13.1. The molecule has 0 bridgehead atoms. The molecule has 0 aliphatic heterocycles. The highest BCUT2D eigenvalue weighted by atomic mass is 32.1. The third-order valence-corrected chi connectivity index (χ3v) is 6.75. The Kier molecular flexibility index (Phi) is 5.54. The van der Waals surface area contributed by atoms with Crippen LogP contribution in [0.5, 0.6) is 0 Å². The van der Waals surface area contributed by atoms with Gasteiger partial charge in [-0.15, -0.1) is 11.3 Å². The van der Waals surface area contributed by atoms with Crippen LogP contribution in [0.1, 0.15) is 43.7 Å². The number of rotatable bonds is 4. The summed E-state index contributed by atoms with van der Waals surface area (Å²) in [6, 6.07) is 6.18. The molecule has 4 rings (SSSR count). The highest BCUT2D eigenvalue weighted by Gasteiger charge is 2.23. The van der Waals surface area contributed by atoms with E-state index in [1.165, 1.54) is 39.8 Å². The van der Waals surface area contributed by atoms with Gasteiger partial charge in [0.15, 0.2) is 0 Å². The average Bonchev–Trinajstić information content (AvgIpc) is 3.11. The monoisotopic (exact) mass is 410 g/mol. The van der Waals surface area contributed by atoms with Crippen molar-refractivity contribution in [3.8, 4) is 11.1 Å². The van der Waals surface area contributed by atoms with Crippen molar-refractivity contribution in [2.24, 2.45) is 5.92 Å². The molecule has 1 saturated carbocycles. The van der Waals surface area contributed by atoms with Crippen LogP contribution in [-0.2, 0) is 16.1 Å². The molecule has 6 heteroatoms. The summed E-state index contributed by atoms with van der Waals surface area (Å²) in [5.74, 6) is 0.212. The molecule has 29 heavy (non-hydrogen) atoms. The molecule has 0 saturated heterocycles. The minimum atomic E-state index is -0.365. The number of fused-ring (bicyclic) bond motifs is 1. The van der Waals surface area contributed by atoms with Gasteiger partial charge in [-0.3, -0.25) is 14.2 Å². The predicted octanol–water partition coefficient (Wildman–Crippen LogP) is 4.86. The lowest BCUT2D eigenvalue weighted by Crippen LogP contribution is -2.30. The first-order valence-corrected chi connectivity index (χ1v) is 11.0. The molecular formula is C23H26N2O3S. The zero-order valence-corrected chi connectivity index (χ0v) is 17.9. The van der Waals surface area contributed by atoms with Gasteiger partial charge in [-0.2, -0.15) is 0 Å². The van der Waals surface area contributed by atoms with Gasteiger partial charge in [0.05, 0.1) is 11.7 Å². The molecule has 1 fully saturated rings. The Hall–Kier alpha value is -2.47. The summed E-state index contributed by atoms with van der Waals surface area (Å²) in [6.07, 6.45) is 5.50. The maximum Gasteiger partial charge on any atom is 0.326 e. The lowest BCUT2D eigenvalue weighted by Gasteiger charge is -2.26. The standard InChI is InChI=1S/C23H26N2O3S/c1-14-5-4-6-18(9-14)28-20(26)11-25-13-24-22-21(23(25)27)19(12-29-22)17-8-7-15(2)16(3)10-17/h7-8,10,12-14,18H,4-6,9,11H2,1-3H3/t14-,18+/m0/s1. The number of benzene rings is 1. The van der Waals surface area contributed by atoms with Gasteiger partial charge in [0.1, 0.15) is 17.5 Å². The van der Waals surface area contributed by atoms with Crippen LogP contribution < -0.4 is 5.56 Å². The van der Waals surface area contributed by atoms with E-state index in [1.807, 2.05) is 11.4 Å². The van der Waals surface area contributed by atoms with E-state index in [4.69, 9.17) is 4.74 Å². The van der Waals surface area contributed by atoms with Gasteiger partial charge < -0.3 is 4.74 Å². The molecule has 0 amide bonds. The van der Waals surface area contributed by atoms with Gasteiger partial charge in [0, 0.05) is 10.9 Å². The van der Waals surface area contributed by atoms with Crippen molar-refractivity contribution < 1.29 is 9.53 Å². The van der Waals surface area contributed by atoms with Crippen LogP contribution in [0.25, 0.3) is 21.3 Å². The summed E-state index contributed by atoms with van der Waals surface area (Å²) in [5, 5.41) is 2.54. The first-order valence-electron chi connectivity index (χ1n) is 10.2. The number of hydrogen-bond donors (Lipinski definition) is 0. The highest BCUT2D eigenvalue weighted by Crippen LogP contribution is 2.31. The van der Waals surface area contributed by atoms with E-state index in [0.29, 0.717) is 16.1 Å². The van der Waals surface area contributed by atoms with Crippen molar-refractivity contribution in [2.45, 2.75) is 59.1 Å². The molecule has 152 valence electrons. The van der Waals surface area contributed by atoms with Crippen molar-refractivity contribution >= 4 is 27.5 Å². The van der Waals surface area contributed by atoms with Crippen LogP contribution in [0.4, 0.5) is 0 Å². The normalized spacial score (nSPS) is 19.4. The second-order valence-electron chi connectivity index (χ2n) is 8.19. The molecule has 5 nitrogen and oxygen atoms in total. The third kappa shape index (κ3) is 4.13. The molecule has 2 heterocycles. The second kappa shape index (κ2) is 8.11. The minimum absolute atomic E-state index is 0.0362. The van der Waals surface area contributed by atoms with Crippen LogP contribution in [0.2, 0.25) is 0 Å². The van der Waals surface area contributed by atoms with Gasteiger partial charge in [0.25, 0.3) is 5.56 Å². The Balaban J connectivity index is 1.61. The first-order chi connectivity index (χ1) is 13.9. The molecule has 2 atom stereocenters. The largest absolute Gasteiger partial charge is 0.461 e. The molecule has 0 N–H and O–H groups in total. The number of carbonyl (C=O) groups excluding carboxylic acids is 1. The van der Waals surface area contributed by atoms with Crippen LogP contribution >= 0.6 is 11.3 Å². The van der Waals surface area contributed by atoms with Crippen molar-refractivity contribution in [1.82, 2.24) is 9.55 Å².